The average molecular weight is 241 g/mol. The van der Waals surface area contributed by atoms with E-state index in [1.807, 2.05) is 0 Å². The predicted octanol–water partition coefficient (Wildman–Crippen LogP) is 0.143. The molecule has 2 rings (SSSR count). The highest BCUT2D eigenvalue weighted by molar-refractivity contribution is 7.91. The highest BCUT2D eigenvalue weighted by Gasteiger charge is 2.24. The van der Waals surface area contributed by atoms with Crippen molar-refractivity contribution in [2.24, 2.45) is 0 Å². The lowest BCUT2D eigenvalue weighted by atomic mass is 10.2. The minimum absolute atomic E-state index is 0.0563. The zero-order valence-electron chi connectivity index (χ0n) is 8.96. The van der Waals surface area contributed by atoms with Crippen molar-refractivity contribution in [3.8, 4) is 0 Å². The molecule has 1 aliphatic heterocycles. The molecule has 0 radical (unpaired) electrons. The second-order valence-corrected chi connectivity index (χ2v) is 6.26. The van der Waals surface area contributed by atoms with Gasteiger partial charge in [-0.3, -0.25) is 9.97 Å². The maximum absolute atomic E-state index is 11.4. The van der Waals surface area contributed by atoms with E-state index >= 15 is 0 Å². The molecule has 1 fully saturated rings. The number of sulfone groups is 1. The van der Waals surface area contributed by atoms with E-state index in [-0.39, 0.29) is 11.8 Å². The smallest absolute Gasteiger partial charge is 0.151 e. The highest BCUT2D eigenvalue weighted by atomic mass is 32.2. The van der Waals surface area contributed by atoms with Gasteiger partial charge in [0, 0.05) is 31.2 Å². The fourth-order valence-corrected chi connectivity index (χ4v) is 3.52. The van der Waals surface area contributed by atoms with Gasteiger partial charge in [0.25, 0.3) is 0 Å². The van der Waals surface area contributed by atoms with Gasteiger partial charge < -0.3 is 5.32 Å². The third-order valence-corrected chi connectivity index (χ3v) is 4.47. The topological polar surface area (TPSA) is 72.0 Å². The molecule has 1 aromatic rings. The number of nitrogens with zero attached hydrogens (tertiary/aromatic N) is 2. The molecule has 1 unspecified atom stereocenters. The molecule has 1 N–H and O–H groups in total. The minimum atomic E-state index is -2.83. The molecule has 0 aliphatic carbocycles. The molecule has 0 bridgehead atoms. The van der Waals surface area contributed by atoms with Crippen LogP contribution in [0.15, 0.2) is 18.6 Å². The summed E-state index contributed by atoms with van der Waals surface area (Å²) in [4.78, 5) is 8.08. The van der Waals surface area contributed by atoms with Crippen LogP contribution in [-0.4, -0.2) is 35.9 Å². The summed E-state index contributed by atoms with van der Waals surface area (Å²) in [6.45, 7) is 0.577. The lowest BCUT2D eigenvalue weighted by Gasteiger charge is -2.22. The van der Waals surface area contributed by atoms with Crippen molar-refractivity contribution in [2.75, 3.05) is 11.5 Å². The molecule has 1 saturated heterocycles. The van der Waals surface area contributed by atoms with Crippen LogP contribution >= 0.6 is 0 Å². The van der Waals surface area contributed by atoms with Crippen LogP contribution in [0.5, 0.6) is 0 Å². The van der Waals surface area contributed by atoms with E-state index in [1.54, 1.807) is 18.6 Å². The summed E-state index contributed by atoms with van der Waals surface area (Å²) >= 11 is 0. The van der Waals surface area contributed by atoms with E-state index in [1.165, 1.54) is 0 Å². The molecule has 0 spiro atoms. The Bertz CT molecular complexity index is 433. The molecule has 2 heterocycles. The van der Waals surface area contributed by atoms with Gasteiger partial charge in [-0.15, -0.1) is 0 Å². The highest BCUT2D eigenvalue weighted by Crippen LogP contribution is 2.12. The molecule has 0 saturated carbocycles. The molecule has 6 heteroatoms. The lowest BCUT2D eigenvalue weighted by Crippen LogP contribution is -2.39. The zero-order chi connectivity index (χ0) is 11.4. The predicted molar refractivity (Wildman–Crippen MR) is 60.5 cm³/mol. The molecule has 1 atom stereocenters. The molecule has 1 aromatic heterocycles. The normalized spacial score (nSPS) is 24.1. The summed E-state index contributed by atoms with van der Waals surface area (Å²) in [7, 11) is -2.83. The van der Waals surface area contributed by atoms with Crippen LogP contribution in [0.4, 0.5) is 0 Å². The van der Waals surface area contributed by atoms with Crippen LogP contribution in [0.1, 0.15) is 18.5 Å². The maximum Gasteiger partial charge on any atom is 0.151 e. The minimum Gasteiger partial charge on any atom is -0.307 e. The van der Waals surface area contributed by atoms with E-state index in [2.05, 4.69) is 15.3 Å². The third kappa shape index (κ3) is 3.24. The fraction of sp³-hybridized carbons (Fsp3) is 0.600. The first kappa shape index (κ1) is 11.5. The van der Waals surface area contributed by atoms with Gasteiger partial charge in [0.05, 0.1) is 17.2 Å². The first-order chi connectivity index (χ1) is 7.66. The number of rotatable bonds is 3. The molecular formula is C10H15N3O2S. The summed E-state index contributed by atoms with van der Waals surface area (Å²) in [6, 6.07) is 0.0563. The van der Waals surface area contributed by atoms with Crippen molar-refractivity contribution >= 4 is 9.84 Å². The van der Waals surface area contributed by atoms with E-state index in [0.29, 0.717) is 12.3 Å². The Morgan fingerprint density at radius 2 is 2.31 bits per heavy atom. The van der Waals surface area contributed by atoms with Gasteiger partial charge in [-0.1, -0.05) is 0 Å². The first-order valence-electron chi connectivity index (χ1n) is 5.34. The summed E-state index contributed by atoms with van der Waals surface area (Å²) < 4.78 is 22.8. The Morgan fingerprint density at radius 1 is 1.44 bits per heavy atom. The van der Waals surface area contributed by atoms with Gasteiger partial charge in [-0.25, -0.2) is 8.42 Å². The molecule has 88 valence electrons. The number of nitrogens with one attached hydrogen (secondary N) is 1. The van der Waals surface area contributed by atoms with Crippen LogP contribution in [-0.2, 0) is 16.4 Å². The van der Waals surface area contributed by atoms with Crippen LogP contribution in [0.25, 0.3) is 0 Å². The van der Waals surface area contributed by atoms with E-state index in [9.17, 15) is 8.42 Å². The van der Waals surface area contributed by atoms with Gasteiger partial charge in [0.2, 0.25) is 0 Å². The Balaban J connectivity index is 1.87. The Hall–Kier alpha value is -1.01. The van der Waals surface area contributed by atoms with Crippen molar-refractivity contribution < 1.29 is 8.42 Å². The summed E-state index contributed by atoms with van der Waals surface area (Å²) in [5.74, 6) is 0.573. The van der Waals surface area contributed by atoms with Crippen LogP contribution in [0.3, 0.4) is 0 Å². The summed E-state index contributed by atoms with van der Waals surface area (Å²) in [5.41, 5.74) is 0.838. The molecule has 1 aliphatic rings. The van der Waals surface area contributed by atoms with Gasteiger partial charge in [0.15, 0.2) is 9.84 Å². The number of hydrogen-bond acceptors (Lipinski definition) is 5. The van der Waals surface area contributed by atoms with E-state index in [4.69, 9.17) is 0 Å². The molecule has 0 aromatic carbocycles. The van der Waals surface area contributed by atoms with Crippen molar-refractivity contribution in [1.29, 1.82) is 0 Å². The molecule has 0 amide bonds. The standard InChI is InChI=1S/C10H15N3O2S/c14-16(15)5-1-2-9(8-16)13-7-10-6-11-3-4-12-10/h3-4,6,9,13H,1-2,5,7-8H2. The molecular weight excluding hydrogens is 226 g/mol. The van der Waals surface area contributed by atoms with Gasteiger partial charge >= 0.3 is 0 Å². The second kappa shape index (κ2) is 4.88. The Morgan fingerprint density at radius 3 is 3.00 bits per heavy atom. The van der Waals surface area contributed by atoms with Crippen LogP contribution in [0, 0.1) is 0 Å². The fourth-order valence-electron chi connectivity index (χ4n) is 1.85. The Labute approximate surface area is 95.2 Å². The zero-order valence-corrected chi connectivity index (χ0v) is 9.78. The first-order valence-corrected chi connectivity index (χ1v) is 7.16. The van der Waals surface area contributed by atoms with Crippen LogP contribution < -0.4 is 5.32 Å². The van der Waals surface area contributed by atoms with Gasteiger partial charge in [0.1, 0.15) is 0 Å². The quantitative estimate of drug-likeness (QED) is 0.815. The van der Waals surface area contributed by atoms with Crippen molar-refractivity contribution in [3.05, 3.63) is 24.3 Å². The summed E-state index contributed by atoms with van der Waals surface area (Å²) in [6.07, 6.45) is 6.60. The Kier molecular flexibility index (Phi) is 3.50. The van der Waals surface area contributed by atoms with Crippen LogP contribution in [0.2, 0.25) is 0 Å². The average Bonchev–Trinajstić information content (AvgIpc) is 2.27. The maximum atomic E-state index is 11.4. The largest absolute Gasteiger partial charge is 0.307 e. The molecule has 5 nitrogen and oxygen atoms in total. The lowest BCUT2D eigenvalue weighted by molar-refractivity contribution is 0.477. The van der Waals surface area contributed by atoms with Crippen molar-refractivity contribution in [1.82, 2.24) is 15.3 Å². The van der Waals surface area contributed by atoms with Crippen molar-refractivity contribution in [2.45, 2.75) is 25.4 Å². The number of hydrogen-bond donors (Lipinski definition) is 1. The SMILES string of the molecule is O=S1(=O)CCCC(NCc2cnccn2)C1. The second-order valence-electron chi connectivity index (χ2n) is 4.03. The third-order valence-electron chi connectivity index (χ3n) is 2.65. The van der Waals surface area contributed by atoms with Gasteiger partial charge in [-0.05, 0) is 12.8 Å². The number of aromatic nitrogens is 2. The van der Waals surface area contributed by atoms with Gasteiger partial charge in [-0.2, -0.15) is 0 Å². The summed E-state index contributed by atoms with van der Waals surface area (Å²) in [5, 5.41) is 3.21. The monoisotopic (exact) mass is 241 g/mol. The van der Waals surface area contributed by atoms with E-state index < -0.39 is 9.84 Å². The van der Waals surface area contributed by atoms with E-state index in [0.717, 1.165) is 18.5 Å². The van der Waals surface area contributed by atoms with Crippen molar-refractivity contribution in [3.63, 3.8) is 0 Å². The molecule has 16 heavy (non-hydrogen) atoms.